The van der Waals surface area contributed by atoms with E-state index in [4.69, 9.17) is 8.83 Å². The van der Waals surface area contributed by atoms with Crippen LogP contribution >= 0.6 is 0 Å². The molecule has 0 radical (unpaired) electrons. The maximum atomic E-state index is 7.39. The van der Waals surface area contributed by atoms with Gasteiger partial charge in [0.1, 0.15) is 22.5 Å². The van der Waals surface area contributed by atoms with Gasteiger partial charge in [0.25, 0.3) is 0 Å². The van der Waals surface area contributed by atoms with Crippen molar-refractivity contribution in [3.8, 4) is 22.3 Å². The lowest BCUT2D eigenvalue weighted by molar-refractivity contribution is 0.635. The van der Waals surface area contributed by atoms with Gasteiger partial charge in [0.05, 0.1) is 11.4 Å². The van der Waals surface area contributed by atoms with Crippen molar-refractivity contribution in [2.24, 2.45) is 0 Å². The van der Waals surface area contributed by atoms with Gasteiger partial charge < -0.3 is 18.6 Å². The van der Waals surface area contributed by atoms with Crippen molar-refractivity contribution < 1.29 is 8.83 Å². The molecule has 0 amide bonds. The Kier molecular flexibility index (Phi) is 6.04. The first-order chi connectivity index (χ1) is 28.2. The van der Waals surface area contributed by atoms with Gasteiger partial charge in [0.15, 0.2) is 0 Å². The van der Waals surface area contributed by atoms with E-state index in [-0.39, 0.29) is 17.5 Å². The standard InChI is InChI=1S/C53H39BN2O2/c1-30-26-41-47-42(27-30)56(32-18-10-7-11-19-32)49-45-43(25-24-35-33-20-12-15-23-39(33)53(4,5)46(35)45)57-51(49)54(47)50-48(55(41)31-16-8-6-9-17-31)37-28-40-36(29-44(37)58-50)34-21-13-14-22-38(34)52(40,2)3/h6-29H,1-5H3. The van der Waals surface area contributed by atoms with Gasteiger partial charge >= 0.3 is 6.71 Å². The van der Waals surface area contributed by atoms with E-state index in [9.17, 15) is 0 Å². The van der Waals surface area contributed by atoms with Crippen LogP contribution in [-0.4, -0.2) is 6.71 Å². The molecule has 0 unspecified atom stereocenters. The van der Waals surface area contributed by atoms with Gasteiger partial charge in [-0.3, -0.25) is 0 Å². The first-order valence-electron chi connectivity index (χ1n) is 20.5. The molecule has 0 saturated heterocycles. The zero-order valence-electron chi connectivity index (χ0n) is 33.1. The Hall–Kier alpha value is -6.72. The third kappa shape index (κ3) is 3.87. The predicted octanol–water partition coefficient (Wildman–Crippen LogP) is 12.2. The molecule has 7 aromatic carbocycles. The quantitative estimate of drug-likeness (QED) is 0.165. The van der Waals surface area contributed by atoms with Gasteiger partial charge in [0.2, 0.25) is 0 Å². The molecule has 0 bridgehead atoms. The average Bonchev–Trinajstić information content (AvgIpc) is 3.93. The summed E-state index contributed by atoms with van der Waals surface area (Å²) in [5, 5.41) is 2.29. The van der Waals surface area contributed by atoms with Gasteiger partial charge in [-0.2, -0.15) is 0 Å². The highest BCUT2D eigenvalue weighted by molar-refractivity contribution is 6.99. The van der Waals surface area contributed by atoms with Crippen LogP contribution < -0.4 is 26.6 Å². The Morgan fingerprint density at radius 3 is 1.71 bits per heavy atom. The maximum Gasteiger partial charge on any atom is 0.342 e. The second kappa shape index (κ2) is 10.8. The van der Waals surface area contributed by atoms with E-state index in [2.05, 4.69) is 190 Å². The van der Waals surface area contributed by atoms with E-state index in [0.717, 1.165) is 62.0 Å². The maximum absolute atomic E-state index is 7.39. The number of para-hydroxylation sites is 2. The zero-order chi connectivity index (χ0) is 38.8. The summed E-state index contributed by atoms with van der Waals surface area (Å²) >= 11 is 0. The lowest BCUT2D eigenvalue weighted by atomic mass is 9.37. The molecule has 13 rings (SSSR count). The number of benzene rings is 7. The monoisotopic (exact) mass is 746 g/mol. The fraction of sp³-hybridized carbons (Fsp3) is 0.132. The minimum absolute atomic E-state index is 0.157. The van der Waals surface area contributed by atoms with E-state index >= 15 is 0 Å². The van der Waals surface area contributed by atoms with Crippen LogP contribution in [0.4, 0.5) is 34.1 Å². The summed E-state index contributed by atoms with van der Waals surface area (Å²) in [6.07, 6.45) is 0. The van der Waals surface area contributed by atoms with Crippen LogP contribution in [0.3, 0.4) is 0 Å². The van der Waals surface area contributed by atoms with Crippen LogP contribution in [0, 0.1) is 6.92 Å². The summed E-state index contributed by atoms with van der Waals surface area (Å²) in [4.78, 5) is 4.94. The molecule has 0 fully saturated rings. The highest BCUT2D eigenvalue weighted by Gasteiger charge is 2.51. The minimum atomic E-state index is -0.284. The van der Waals surface area contributed by atoms with Crippen LogP contribution in [0.2, 0.25) is 0 Å². The number of fused-ring (bicyclic) bond motifs is 15. The molecule has 4 heterocycles. The third-order valence-electron chi connectivity index (χ3n) is 13.8. The second-order valence-electron chi connectivity index (χ2n) is 17.7. The Balaban J connectivity index is 1.18. The Bertz CT molecular complexity index is 3260. The first-order valence-corrected chi connectivity index (χ1v) is 20.5. The molecule has 0 N–H and O–H groups in total. The molecular formula is C53H39BN2O2. The summed E-state index contributed by atoms with van der Waals surface area (Å²) in [6, 6.07) is 53.4. The Morgan fingerprint density at radius 2 is 1.03 bits per heavy atom. The molecule has 9 aromatic rings. The van der Waals surface area contributed by atoms with Crippen molar-refractivity contribution in [3.05, 3.63) is 173 Å². The van der Waals surface area contributed by atoms with Crippen molar-refractivity contribution in [3.63, 3.8) is 0 Å². The molecule has 0 atom stereocenters. The lowest BCUT2D eigenvalue weighted by Crippen LogP contribution is -2.60. The highest BCUT2D eigenvalue weighted by atomic mass is 16.3. The van der Waals surface area contributed by atoms with Crippen LogP contribution in [-0.2, 0) is 10.8 Å². The number of hydrogen-bond donors (Lipinski definition) is 0. The summed E-state index contributed by atoms with van der Waals surface area (Å²) < 4.78 is 14.8. The molecule has 276 valence electrons. The normalized spacial score (nSPS) is 15.8. The number of anilines is 6. The van der Waals surface area contributed by atoms with E-state index in [0.29, 0.717) is 0 Å². The van der Waals surface area contributed by atoms with Gasteiger partial charge in [-0.25, -0.2) is 0 Å². The number of aryl methyl sites for hydroxylation is 1. The molecule has 0 spiro atoms. The van der Waals surface area contributed by atoms with Gasteiger partial charge in [-0.05, 0) is 117 Å². The fourth-order valence-electron chi connectivity index (χ4n) is 11.3. The molecule has 2 aromatic heterocycles. The Labute approximate surface area is 338 Å². The number of rotatable bonds is 2. The number of hydrogen-bond acceptors (Lipinski definition) is 4. The molecule has 2 aliphatic heterocycles. The van der Waals surface area contributed by atoms with Gasteiger partial charge in [-0.15, -0.1) is 0 Å². The first kappa shape index (κ1) is 32.4. The number of nitrogens with zero attached hydrogens (tertiary/aromatic N) is 2. The summed E-state index contributed by atoms with van der Waals surface area (Å²) in [5.74, 6) is 0. The van der Waals surface area contributed by atoms with E-state index in [1.54, 1.807) is 0 Å². The molecule has 5 heteroatoms. The predicted molar refractivity (Wildman–Crippen MR) is 240 cm³/mol. The molecule has 4 nitrogen and oxygen atoms in total. The SMILES string of the molecule is Cc1cc2c3c(c1)N(c1ccccc1)c1c(oc4ccc5c(c14)C(C)(C)c1ccccc1-5)B3c1oc3cc4c(cc3c1N2c1ccccc1)C(C)(C)c1ccccc1-4. The average molecular weight is 747 g/mol. The summed E-state index contributed by atoms with van der Waals surface area (Å²) in [6.45, 7) is 11.4. The van der Waals surface area contributed by atoms with Crippen molar-refractivity contribution in [2.45, 2.75) is 45.4 Å². The Morgan fingerprint density at radius 1 is 0.483 bits per heavy atom. The smallest absolute Gasteiger partial charge is 0.342 e. The van der Waals surface area contributed by atoms with Crippen LogP contribution in [0.25, 0.3) is 44.2 Å². The van der Waals surface area contributed by atoms with E-state index in [1.165, 1.54) is 60.9 Å². The van der Waals surface area contributed by atoms with Crippen LogP contribution in [0.1, 0.15) is 55.5 Å². The van der Waals surface area contributed by atoms with E-state index < -0.39 is 0 Å². The third-order valence-corrected chi connectivity index (χ3v) is 13.8. The number of furan rings is 2. The van der Waals surface area contributed by atoms with Crippen LogP contribution in [0.5, 0.6) is 0 Å². The van der Waals surface area contributed by atoms with Gasteiger partial charge in [-0.1, -0.05) is 119 Å². The van der Waals surface area contributed by atoms with Crippen molar-refractivity contribution in [2.75, 3.05) is 9.80 Å². The topological polar surface area (TPSA) is 32.8 Å². The van der Waals surface area contributed by atoms with Crippen molar-refractivity contribution in [1.82, 2.24) is 0 Å². The minimum Gasteiger partial charge on any atom is -0.468 e. The largest absolute Gasteiger partial charge is 0.468 e. The molecular weight excluding hydrogens is 707 g/mol. The lowest BCUT2D eigenvalue weighted by Gasteiger charge is -2.41. The van der Waals surface area contributed by atoms with E-state index in [1.807, 2.05) is 0 Å². The van der Waals surface area contributed by atoms with Crippen LogP contribution in [0.15, 0.2) is 154 Å². The summed E-state index contributed by atoms with van der Waals surface area (Å²) in [5.41, 5.74) is 22.8. The molecule has 2 aliphatic carbocycles. The summed E-state index contributed by atoms with van der Waals surface area (Å²) in [7, 11) is 0. The fourth-order valence-corrected chi connectivity index (χ4v) is 11.3. The molecule has 58 heavy (non-hydrogen) atoms. The second-order valence-corrected chi connectivity index (χ2v) is 17.7. The highest BCUT2D eigenvalue weighted by Crippen LogP contribution is 2.57. The zero-order valence-corrected chi connectivity index (χ0v) is 33.1. The van der Waals surface area contributed by atoms with Crippen molar-refractivity contribution >= 4 is 79.6 Å². The molecule has 4 aliphatic rings. The van der Waals surface area contributed by atoms with Gasteiger partial charge in [0, 0.05) is 44.4 Å². The molecule has 0 saturated carbocycles. The van der Waals surface area contributed by atoms with Crippen molar-refractivity contribution in [1.29, 1.82) is 0 Å².